The summed E-state index contributed by atoms with van der Waals surface area (Å²) in [4.78, 5) is -2.18. The highest BCUT2D eigenvalue weighted by atomic mass is 35.7. The van der Waals surface area contributed by atoms with Crippen molar-refractivity contribution >= 4 is 49.6 Å². The maximum absolute atomic E-state index is 6.44. The molecular formula is C11H26Cl2S2Si. The zero-order valence-electron chi connectivity index (χ0n) is 10.4. The number of hydrogen-bond donors (Lipinski definition) is 0. The van der Waals surface area contributed by atoms with Gasteiger partial charge in [0.1, 0.15) is 0 Å². The van der Waals surface area contributed by atoms with Gasteiger partial charge in [-0.25, -0.2) is 0 Å². The van der Waals surface area contributed by atoms with Crippen LogP contribution >= 0.6 is 44.6 Å². The predicted octanol–water partition coefficient (Wildman–Crippen LogP) is 6.09. The molecule has 0 heterocycles. The van der Waals surface area contributed by atoms with Crippen LogP contribution in [0.4, 0.5) is 0 Å². The first kappa shape index (κ1) is 19.8. The number of halogens is 2. The van der Waals surface area contributed by atoms with Crippen LogP contribution in [0.3, 0.4) is 0 Å². The molecule has 0 saturated carbocycles. The molecule has 0 radical (unpaired) electrons. The van der Waals surface area contributed by atoms with Crippen LogP contribution in [0.1, 0.15) is 49.0 Å². The van der Waals surface area contributed by atoms with E-state index < -0.39 is 4.99 Å². The van der Waals surface area contributed by atoms with Gasteiger partial charge in [-0.3, -0.25) is 0 Å². The van der Waals surface area contributed by atoms with Crippen molar-refractivity contribution in [2.45, 2.75) is 59.5 Å². The summed E-state index contributed by atoms with van der Waals surface area (Å²) in [6.45, 7) is 13.3. The Morgan fingerprint density at radius 3 is 1.19 bits per heavy atom. The average Bonchev–Trinajstić information content (AvgIpc) is 2.01. The van der Waals surface area contributed by atoms with E-state index in [1.165, 1.54) is 0 Å². The van der Waals surface area contributed by atoms with Gasteiger partial charge in [0.25, 0.3) is 0 Å². The molecule has 0 aromatic carbocycles. The fraction of sp³-hybridized carbons (Fsp3) is 1.00. The molecular weight excluding hydrogens is 295 g/mol. The van der Waals surface area contributed by atoms with Crippen LogP contribution in [-0.4, -0.2) is 15.5 Å². The maximum Gasteiger partial charge on any atom is 0.370 e. The monoisotopic (exact) mass is 320 g/mol. The Bertz CT molecular complexity index is 169. The molecule has 100 valence electrons. The summed E-state index contributed by atoms with van der Waals surface area (Å²) in [6.07, 6.45) is 0. The average molecular weight is 321 g/mol. The molecule has 0 aliphatic heterocycles. The summed E-state index contributed by atoms with van der Waals surface area (Å²) < 4.78 is 0. The van der Waals surface area contributed by atoms with Gasteiger partial charge in [-0.2, -0.15) is 0 Å². The van der Waals surface area contributed by atoms with Gasteiger partial charge in [0.15, 0.2) is 0 Å². The fourth-order valence-electron chi connectivity index (χ4n) is 0.733. The van der Waals surface area contributed by atoms with Crippen molar-refractivity contribution in [3.8, 4) is 0 Å². The SMILES string of the molecule is C.CC(C)C(C)S[Si](Cl)(Cl)SC(C)C(C)C. The molecule has 0 spiro atoms. The summed E-state index contributed by atoms with van der Waals surface area (Å²) in [6, 6.07) is 0. The van der Waals surface area contributed by atoms with E-state index >= 15 is 0 Å². The zero-order chi connectivity index (χ0) is 12.2. The topological polar surface area (TPSA) is 0 Å². The summed E-state index contributed by atoms with van der Waals surface area (Å²) in [5, 5.41) is 1.08. The van der Waals surface area contributed by atoms with Crippen molar-refractivity contribution in [2.24, 2.45) is 11.8 Å². The lowest BCUT2D eigenvalue weighted by atomic mass is 10.2. The van der Waals surface area contributed by atoms with Crippen molar-refractivity contribution in [3.63, 3.8) is 0 Å². The van der Waals surface area contributed by atoms with E-state index in [9.17, 15) is 0 Å². The summed E-state index contributed by atoms with van der Waals surface area (Å²) >= 11 is 16.5. The normalized spacial score (nSPS) is 16.1. The molecule has 0 saturated heterocycles. The molecule has 0 fully saturated rings. The van der Waals surface area contributed by atoms with Gasteiger partial charge >= 0.3 is 4.99 Å². The lowest BCUT2D eigenvalue weighted by molar-refractivity contribution is 0.644. The molecule has 16 heavy (non-hydrogen) atoms. The highest BCUT2D eigenvalue weighted by Crippen LogP contribution is 2.46. The van der Waals surface area contributed by atoms with Gasteiger partial charge in [-0.05, 0) is 11.8 Å². The van der Waals surface area contributed by atoms with Crippen LogP contribution in [-0.2, 0) is 0 Å². The van der Waals surface area contributed by atoms with E-state index in [0.29, 0.717) is 22.3 Å². The second kappa shape index (κ2) is 8.57. The minimum atomic E-state index is -2.18. The van der Waals surface area contributed by atoms with Crippen LogP contribution in [0.5, 0.6) is 0 Å². The third kappa shape index (κ3) is 8.57. The Balaban J connectivity index is 0. The first-order chi connectivity index (χ1) is 6.65. The molecule has 0 aliphatic carbocycles. The maximum atomic E-state index is 6.44. The van der Waals surface area contributed by atoms with Crippen molar-refractivity contribution < 1.29 is 0 Å². The van der Waals surface area contributed by atoms with Gasteiger partial charge in [0.05, 0.1) is 0 Å². The third-order valence-corrected chi connectivity index (χ3v) is 13.7. The van der Waals surface area contributed by atoms with Crippen molar-refractivity contribution in [1.29, 1.82) is 0 Å². The third-order valence-electron chi connectivity index (χ3n) is 2.52. The van der Waals surface area contributed by atoms with Crippen molar-refractivity contribution in [3.05, 3.63) is 0 Å². The second-order valence-electron chi connectivity index (χ2n) is 4.60. The molecule has 2 unspecified atom stereocenters. The molecule has 5 heteroatoms. The van der Waals surface area contributed by atoms with E-state index in [0.717, 1.165) is 0 Å². The highest BCUT2D eigenvalue weighted by molar-refractivity contribution is 8.68. The standard InChI is InChI=1S/C10H22Cl2S2Si.CH4/c1-7(2)9(5)13-15(11,12)14-10(6)8(3)4;/h7-10H,1-6H3;1H4. The minimum absolute atomic E-state index is 0. The number of hydrogen-bond acceptors (Lipinski definition) is 2. The van der Waals surface area contributed by atoms with E-state index in [4.69, 9.17) is 22.2 Å². The van der Waals surface area contributed by atoms with E-state index in [-0.39, 0.29) is 7.43 Å². The number of rotatable bonds is 6. The Morgan fingerprint density at radius 2 is 1.00 bits per heavy atom. The van der Waals surface area contributed by atoms with E-state index in [1.807, 2.05) is 0 Å². The van der Waals surface area contributed by atoms with Gasteiger partial charge in [-0.1, -0.05) is 49.0 Å². The van der Waals surface area contributed by atoms with E-state index in [1.54, 1.807) is 22.4 Å². The van der Waals surface area contributed by atoms with Gasteiger partial charge in [-0.15, -0.1) is 44.6 Å². The minimum Gasteiger partial charge on any atom is -0.139 e. The van der Waals surface area contributed by atoms with Crippen LogP contribution in [0.2, 0.25) is 0 Å². The Morgan fingerprint density at radius 1 is 0.750 bits per heavy atom. The molecule has 0 N–H and O–H groups in total. The highest BCUT2D eigenvalue weighted by Gasteiger charge is 2.36. The van der Waals surface area contributed by atoms with Crippen LogP contribution in [0.15, 0.2) is 0 Å². The smallest absolute Gasteiger partial charge is 0.139 e. The zero-order valence-corrected chi connectivity index (χ0v) is 14.5. The van der Waals surface area contributed by atoms with Crippen molar-refractivity contribution in [1.82, 2.24) is 0 Å². The molecule has 0 aromatic heterocycles. The quantitative estimate of drug-likeness (QED) is 0.429. The Labute approximate surface area is 120 Å². The lowest BCUT2D eigenvalue weighted by Gasteiger charge is -2.26. The first-order valence-electron chi connectivity index (χ1n) is 5.39. The lowest BCUT2D eigenvalue weighted by Crippen LogP contribution is -2.22. The summed E-state index contributed by atoms with van der Waals surface area (Å²) in [5.74, 6) is 1.27. The van der Waals surface area contributed by atoms with Gasteiger partial charge < -0.3 is 0 Å². The Hall–Kier alpha value is 1.50. The molecule has 2 atom stereocenters. The predicted molar refractivity (Wildman–Crippen MR) is 88.0 cm³/mol. The Kier molecular flexibility index (Phi) is 10.6. The van der Waals surface area contributed by atoms with Crippen molar-refractivity contribution in [2.75, 3.05) is 0 Å². The summed E-state index contributed by atoms with van der Waals surface area (Å²) in [5.41, 5.74) is 0. The summed E-state index contributed by atoms with van der Waals surface area (Å²) in [7, 11) is 0. The first-order valence-corrected chi connectivity index (χ1v) is 12.6. The molecule has 0 aliphatic rings. The fourth-order valence-corrected chi connectivity index (χ4v) is 14.9. The second-order valence-corrected chi connectivity index (χ2v) is 20.0. The van der Waals surface area contributed by atoms with Gasteiger partial charge in [0, 0.05) is 10.5 Å². The van der Waals surface area contributed by atoms with Gasteiger partial charge in [0.2, 0.25) is 0 Å². The molecule has 0 bridgehead atoms. The molecule has 0 rings (SSSR count). The molecule has 0 amide bonds. The van der Waals surface area contributed by atoms with Crippen LogP contribution < -0.4 is 0 Å². The van der Waals surface area contributed by atoms with E-state index in [2.05, 4.69) is 41.5 Å². The largest absolute Gasteiger partial charge is 0.370 e. The molecule has 0 aromatic rings. The molecule has 0 nitrogen and oxygen atoms in total. The van der Waals surface area contributed by atoms with Crippen LogP contribution in [0, 0.1) is 11.8 Å². The van der Waals surface area contributed by atoms with Crippen LogP contribution in [0.25, 0.3) is 0 Å².